The molecule has 0 heterocycles. The molecule has 0 spiro atoms. The average Bonchev–Trinajstić information content (AvgIpc) is 2.78. The quantitative estimate of drug-likeness (QED) is 0.457. The van der Waals surface area contributed by atoms with E-state index in [1.807, 2.05) is 99.6 Å². The third kappa shape index (κ3) is 5.60. The molecule has 0 aliphatic heterocycles. The molecule has 0 aliphatic rings. The van der Waals surface area contributed by atoms with Crippen LogP contribution < -0.4 is 10.6 Å². The van der Waals surface area contributed by atoms with Gasteiger partial charge in [0.2, 0.25) is 11.8 Å². The fraction of sp³-hybridized carbons (Fsp3) is 0.259. The summed E-state index contributed by atoms with van der Waals surface area (Å²) in [5, 5.41) is 6.07. The Labute approximate surface area is 184 Å². The van der Waals surface area contributed by atoms with Crippen LogP contribution in [0, 0.1) is 6.92 Å². The molecule has 0 unspecified atom stereocenters. The molecule has 0 radical (unpaired) electrons. The van der Waals surface area contributed by atoms with E-state index in [-0.39, 0.29) is 23.7 Å². The predicted molar refractivity (Wildman–Crippen MR) is 127 cm³/mol. The molecular formula is C27H30N2O2. The Balaban J connectivity index is 1.75. The molecule has 0 aliphatic carbocycles. The molecule has 0 saturated carbocycles. The van der Waals surface area contributed by atoms with Crippen molar-refractivity contribution in [3.63, 3.8) is 0 Å². The number of aryl methyl sites for hydroxylation is 1. The summed E-state index contributed by atoms with van der Waals surface area (Å²) in [6, 6.07) is 25.2. The van der Waals surface area contributed by atoms with Crippen LogP contribution in [0.15, 0.2) is 78.9 Å². The minimum Gasteiger partial charge on any atom is -0.325 e. The zero-order valence-electron chi connectivity index (χ0n) is 18.4. The van der Waals surface area contributed by atoms with Gasteiger partial charge in [0.25, 0.3) is 0 Å². The minimum atomic E-state index is -0.221. The zero-order valence-corrected chi connectivity index (χ0v) is 18.4. The second-order valence-electron chi connectivity index (χ2n) is 7.75. The number of hydrogen-bond donors (Lipinski definition) is 2. The summed E-state index contributed by atoms with van der Waals surface area (Å²) < 4.78 is 0. The number of carbonyl (C=O) groups excluding carboxylic acids is 2. The van der Waals surface area contributed by atoms with Crippen LogP contribution >= 0.6 is 0 Å². The summed E-state index contributed by atoms with van der Waals surface area (Å²) in [5.41, 5.74) is 4.33. The molecule has 0 aromatic heterocycles. The van der Waals surface area contributed by atoms with Gasteiger partial charge in [0.15, 0.2) is 0 Å². The van der Waals surface area contributed by atoms with E-state index in [1.54, 1.807) is 0 Å². The molecule has 31 heavy (non-hydrogen) atoms. The van der Waals surface area contributed by atoms with Crippen LogP contribution in [0.1, 0.15) is 55.2 Å². The first-order valence-corrected chi connectivity index (χ1v) is 10.9. The predicted octanol–water partition coefficient (Wildman–Crippen LogP) is 6.26. The smallest absolute Gasteiger partial charge is 0.231 e. The lowest BCUT2D eigenvalue weighted by molar-refractivity contribution is -0.118. The molecule has 2 amide bonds. The van der Waals surface area contributed by atoms with Crippen LogP contribution in [0.5, 0.6) is 0 Å². The highest BCUT2D eigenvalue weighted by molar-refractivity contribution is 5.99. The molecule has 2 N–H and O–H groups in total. The van der Waals surface area contributed by atoms with E-state index in [0.717, 1.165) is 16.7 Å². The molecule has 3 aromatic carbocycles. The van der Waals surface area contributed by atoms with Crippen LogP contribution in [-0.2, 0) is 9.59 Å². The Morgan fingerprint density at radius 3 is 1.68 bits per heavy atom. The summed E-state index contributed by atoms with van der Waals surface area (Å²) in [7, 11) is 0. The molecule has 3 aromatic rings. The molecule has 0 saturated heterocycles. The van der Waals surface area contributed by atoms with Gasteiger partial charge in [0.05, 0.1) is 11.8 Å². The van der Waals surface area contributed by atoms with E-state index < -0.39 is 0 Å². The van der Waals surface area contributed by atoms with Gasteiger partial charge >= 0.3 is 0 Å². The van der Waals surface area contributed by atoms with Gasteiger partial charge in [0.1, 0.15) is 0 Å². The van der Waals surface area contributed by atoms with E-state index in [0.29, 0.717) is 24.2 Å². The monoisotopic (exact) mass is 414 g/mol. The highest BCUT2D eigenvalue weighted by atomic mass is 16.2. The van der Waals surface area contributed by atoms with Crippen molar-refractivity contribution in [1.29, 1.82) is 0 Å². The Kier molecular flexibility index (Phi) is 7.60. The SMILES string of the molecule is CC[C@H](C(=O)Nc1cc(NC(=O)[C@H](CC)c2ccccc2)ccc1C)c1ccccc1. The van der Waals surface area contributed by atoms with E-state index in [4.69, 9.17) is 0 Å². The van der Waals surface area contributed by atoms with Crippen LogP contribution in [0.4, 0.5) is 11.4 Å². The van der Waals surface area contributed by atoms with Gasteiger partial charge in [-0.1, -0.05) is 80.6 Å². The van der Waals surface area contributed by atoms with Crippen LogP contribution in [0.25, 0.3) is 0 Å². The minimum absolute atomic E-state index is 0.0454. The van der Waals surface area contributed by atoms with Crippen molar-refractivity contribution >= 4 is 23.2 Å². The Bertz CT molecular complexity index is 1020. The van der Waals surface area contributed by atoms with Crippen LogP contribution in [-0.4, -0.2) is 11.8 Å². The lowest BCUT2D eigenvalue weighted by atomic mass is 9.95. The highest BCUT2D eigenvalue weighted by Crippen LogP contribution is 2.27. The lowest BCUT2D eigenvalue weighted by Gasteiger charge is -2.18. The summed E-state index contributed by atoms with van der Waals surface area (Å²) in [4.78, 5) is 25.9. The third-order valence-electron chi connectivity index (χ3n) is 5.62. The van der Waals surface area contributed by atoms with Gasteiger partial charge in [-0.3, -0.25) is 9.59 Å². The van der Waals surface area contributed by atoms with Gasteiger partial charge in [-0.2, -0.15) is 0 Å². The van der Waals surface area contributed by atoms with Crippen LogP contribution in [0.2, 0.25) is 0 Å². The molecule has 0 bridgehead atoms. The second-order valence-corrected chi connectivity index (χ2v) is 7.75. The standard InChI is InChI=1S/C27H30N2O2/c1-4-23(20-12-8-6-9-13-20)26(30)28-22-17-16-19(3)25(18-22)29-27(31)24(5-2)21-14-10-7-11-15-21/h6-18,23-24H,4-5H2,1-3H3,(H,28,30)(H,29,31)/t23-,24+/m1/s1. The molecule has 0 fully saturated rings. The molecule has 4 nitrogen and oxygen atoms in total. The van der Waals surface area contributed by atoms with Gasteiger partial charge in [-0.05, 0) is 48.6 Å². The van der Waals surface area contributed by atoms with Crippen molar-refractivity contribution in [1.82, 2.24) is 0 Å². The second kappa shape index (κ2) is 10.6. The molecule has 4 heteroatoms. The number of anilines is 2. The van der Waals surface area contributed by atoms with Crippen molar-refractivity contribution in [3.8, 4) is 0 Å². The van der Waals surface area contributed by atoms with E-state index in [9.17, 15) is 9.59 Å². The van der Waals surface area contributed by atoms with Crippen molar-refractivity contribution in [2.24, 2.45) is 0 Å². The van der Waals surface area contributed by atoms with Gasteiger partial charge in [-0.15, -0.1) is 0 Å². The molecular weight excluding hydrogens is 384 g/mol. The average molecular weight is 415 g/mol. The fourth-order valence-corrected chi connectivity index (χ4v) is 3.80. The Hall–Kier alpha value is -3.40. The van der Waals surface area contributed by atoms with Crippen molar-refractivity contribution in [2.75, 3.05) is 10.6 Å². The van der Waals surface area contributed by atoms with Crippen molar-refractivity contribution in [3.05, 3.63) is 95.6 Å². The number of amides is 2. The molecule has 2 atom stereocenters. The molecule has 160 valence electrons. The maximum atomic E-state index is 13.0. The summed E-state index contributed by atoms with van der Waals surface area (Å²) >= 11 is 0. The van der Waals surface area contributed by atoms with E-state index in [2.05, 4.69) is 10.6 Å². The number of carbonyl (C=O) groups is 2. The highest BCUT2D eigenvalue weighted by Gasteiger charge is 2.21. The summed E-state index contributed by atoms with van der Waals surface area (Å²) in [6.45, 7) is 5.96. The van der Waals surface area contributed by atoms with Crippen molar-refractivity contribution < 1.29 is 9.59 Å². The Morgan fingerprint density at radius 1 is 0.710 bits per heavy atom. The Morgan fingerprint density at radius 2 is 1.19 bits per heavy atom. The number of rotatable bonds is 8. The maximum Gasteiger partial charge on any atom is 0.231 e. The topological polar surface area (TPSA) is 58.2 Å². The normalized spacial score (nSPS) is 12.6. The molecule has 3 rings (SSSR count). The summed E-state index contributed by atoms with van der Waals surface area (Å²) in [5.74, 6) is -0.536. The first-order chi connectivity index (χ1) is 15.0. The number of nitrogens with one attached hydrogen (secondary N) is 2. The number of benzene rings is 3. The van der Waals surface area contributed by atoms with E-state index in [1.165, 1.54) is 0 Å². The lowest BCUT2D eigenvalue weighted by Crippen LogP contribution is -2.22. The first-order valence-electron chi connectivity index (χ1n) is 10.9. The largest absolute Gasteiger partial charge is 0.325 e. The van der Waals surface area contributed by atoms with E-state index >= 15 is 0 Å². The first kappa shape index (κ1) is 22.3. The third-order valence-corrected chi connectivity index (χ3v) is 5.62. The van der Waals surface area contributed by atoms with Gasteiger partial charge in [0, 0.05) is 11.4 Å². The zero-order chi connectivity index (χ0) is 22.2. The van der Waals surface area contributed by atoms with Crippen LogP contribution in [0.3, 0.4) is 0 Å². The fourth-order valence-electron chi connectivity index (χ4n) is 3.80. The number of hydrogen-bond acceptors (Lipinski definition) is 2. The van der Waals surface area contributed by atoms with Gasteiger partial charge in [-0.25, -0.2) is 0 Å². The maximum absolute atomic E-state index is 13.0. The van der Waals surface area contributed by atoms with Gasteiger partial charge < -0.3 is 10.6 Å². The summed E-state index contributed by atoms with van der Waals surface area (Å²) in [6.07, 6.45) is 1.42. The van der Waals surface area contributed by atoms with Crippen molar-refractivity contribution in [2.45, 2.75) is 45.4 Å².